The molecule has 28 heavy (non-hydrogen) atoms. The van der Waals surface area contributed by atoms with Gasteiger partial charge in [-0.3, -0.25) is 14.5 Å². The monoisotopic (exact) mass is 394 g/mol. The van der Waals surface area contributed by atoms with Crippen molar-refractivity contribution < 1.29 is 9.59 Å². The van der Waals surface area contributed by atoms with Crippen LogP contribution < -0.4 is 10.2 Å². The average Bonchev–Trinajstić information content (AvgIpc) is 3.32. The van der Waals surface area contributed by atoms with Gasteiger partial charge in [0.15, 0.2) is 0 Å². The smallest absolute Gasteiger partial charge is 0.238 e. The first-order valence-electron chi connectivity index (χ1n) is 10.1. The molecule has 2 amide bonds. The lowest BCUT2D eigenvalue weighted by Gasteiger charge is -2.25. The highest BCUT2D eigenvalue weighted by Crippen LogP contribution is 2.42. The van der Waals surface area contributed by atoms with Gasteiger partial charge in [0.25, 0.3) is 0 Å². The summed E-state index contributed by atoms with van der Waals surface area (Å²) in [6.45, 7) is 2.08. The summed E-state index contributed by atoms with van der Waals surface area (Å²) in [6.07, 6.45) is 5.93. The third-order valence-corrected chi connectivity index (χ3v) is 6.68. The zero-order chi connectivity index (χ0) is 19.5. The van der Waals surface area contributed by atoms with Gasteiger partial charge >= 0.3 is 0 Å². The number of rotatable bonds is 6. The summed E-state index contributed by atoms with van der Waals surface area (Å²) in [7, 11) is 0. The van der Waals surface area contributed by atoms with Crippen LogP contribution in [0.2, 0.25) is 0 Å². The summed E-state index contributed by atoms with van der Waals surface area (Å²) >= 11 is 1.66. The summed E-state index contributed by atoms with van der Waals surface area (Å²) in [5.74, 6) is 0.710. The van der Waals surface area contributed by atoms with Crippen LogP contribution in [0.15, 0.2) is 42.5 Å². The molecular formula is C23H26N2O2S. The van der Waals surface area contributed by atoms with E-state index in [1.807, 2.05) is 29.2 Å². The van der Waals surface area contributed by atoms with E-state index >= 15 is 0 Å². The van der Waals surface area contributed by atoms with Gasteiger partial charge in [-0.2, -0.15) is 0 Å². The second kappa shape index (κ2) is 8.39. The number of benzene rings is 2. The standard InChI is InChI=1S/C23H26N2O2S/c1-2-3-7-21(26)24-19-11-8-17(9-12-19)23-25(22(27)15-28-23)20-13-10-16-5-4-6-18(16)14-20/h8-14,23H,2-7,15H2,1H3,(H,24,26)/t23-/m0/s1. The molecule has 0 radical (unpaired) electrons. The van der Waals surface area contributed by atoms with Gasteiger partial charge in [-0.05, 0) is 66.6 Å². The van der Waals surface area contributed by atoms with E-state index in [1.165, 1.54) is 17.5 Å². The number of anilines is 2. The van der Waals surface area contributed by atoms with Gasteiger partial charge in [0.1, 0.15) is 5.37 Å². The molecule has 4 nitrogen and oxygen atoms in total. The zero-order valence-electron chi connectivity index (χ0n) is 16.2. The van der Waals surface area contributed by atoms with Gasteiger partial charge in [-0.15, -0.1) is 11.8 Å². The summed E-state index contributed by atoms with van der Waals surface area (Å²) < 4.78 is 0. The van der Waals surface area contributed by atoms with E-state index in [4.69, 9.17) is 0 Å². The lowest BCUT2D eigenvalue weighted by Crippen LogP contribution is -2.27. The largest absolute Gasteiger partial charge is 0.326 e. The number of aryl methyl sites for hydroxylation is 2. The fourth-order valence-electron chi connectivity index (χ4n) is 3.95. The van der Waals surface area contributed by atoms with Gasteiger partial charge < -0.3 is 5.32 Å². The number of carbonyl (C=O) groups is 2. The highest BCUT2D eigenvalue weighted by Gasteiger charge is 2.34. The maximum absolute atomic E-state index is 12.6. The molecular weight excluding hydrogens is 368 g/mol. The van der Waals surface area contributed by atoms with Crippen molar-refractivity contribution >= 4 is 35.0 Å². The second-order valence-electron chi connectivity index (χ2n) is 7.51. The van der Waals surface area contributed by atoms with E-state index in [0.29, 0.717) is 12.2 Å². The topological polar surface area (TPSA) is 49.4 Å². The molecule has 0 aromatic heterocycles. The van der Waals surface area contributed by atoms with Crippen LogP contribution in [0.3, 0.4) is 0 Å². The molecule has 1 heterocycles. The number of nitrogens with zero attached hydrogens (tertiary/aromatic N) is 1. The zero-order valence-corrected chi connectivity index (χ0v) is 17.1. The highest BCUT2D eigenvalue weighted by atomic mass is 32.2. The van der Waals surface area contributed by atoms with E-state index in [1.54, 1.807) is 11.8 Å². The Balaban J connectivity index is 1.51. The fourth-order valence-corrected chi connectivity index (χ4v) is 5.13. The molecule has 0 saturated carbocycles. The molecule has 2 aliphatic rings. The van der Waals surface area contributed by atoms with Crippen molar-refractivity contribution in [1.82, 2.24) is 0 Å². The first kappa shape index (κ1) is 19.1. The van der Waals surface area contributed by atoms with Crippen molar-refractivity contribution in [2.24, 2.45) is 0 Å². The molecule has 1 saturated heterocycles. The lowest BCUT2D eigenvalue weighted by atomic mass is 10.1. The number of amides is 2. The molecule has 1 atom stereocenters. The molecule has 0 spiro atoms. The summed E-state index contributed by atoms with van der Waals surface area (Å²) in [4.78, 5) is 26.5. The number of carbonyl (C=O) groups excluding carboxylic acids is 2. The molecule has 2 aromatic rings. The normalized spacial score (nSPS) is 18.4. The Hall–Kier alpha value is -2.27. The first-order chi connectivity index (χ1) is 13.7. The SMILES string of the molecule is CCCCC(=O)Nc1ccc([C@@H]2SCC(=O)N2c2ccc3c(c2)CCC3)cc1. The van der Waals surface area contributed by atoms with Crippen molar-refractivity contribution in [1.29, 1.82) is 0 Å². The van der Waals surface area contributed by atoms with Crippen LogP contribution >= 0.6 is 11.8 Å². The van der Waals surface area contributed by atoms with Gasteiger partial charge in [-0.25, -0.2) is 0 Å². The minimum atomic E-state index is -0.0169. The third-order valence-electron chi connectivity index (χ3n) is 5.47. The Kier molecular flexibility index (Phi) is 5.72. The van der Waals surface area contributed by atoms with E-state index in [0.717, 1.165) is 42.6 Å². The van der Waals surface area contributed by atoms with Crippen LogP contribution in [-0.4, -0.2) is 17.6 Å². The number of unbranched alkanes of at least 4 members (excludes halogenated alkanes) is 1. The van der Waals surface area contributed by atoms with Gasteiger partial charge in [0.2, 0.25) is 11.8 Å². The van der Waals surface area contributed by atoms with Crippen LogP contribution in [0.4, 0.5) is 11.4 Å². The Morgan fingerprint density at radius 2 is 1.93 bits per heavy atom. The maximum atomic E-state index is 12.6. The van der Waals surface area contributed by atoms with Crippen molar-refractivity contribution in [2.45, 2.75) is 50.8 Å². The quantitative estimate of drug-likeness (QED) is 0.743. The lowest BCUT2D eigenvalue weighted by molar-refractivity contribution is -0.116. The fraction of sp³-hybridized carbons (Fsp3) is 0.391. The van der Waals surface area contributed by atoms with E-state index in [9.17, 15) is 9.59 Å². The van der Waals surface area contributed by atoms with Gasteiger partial charge in [0.05, 0.1) is 5.75 Å². The summed E-state index contributed by atoms with van der Waals surface area (Å²) in [5, 5.41) is 2.93. The van der Waals surface area contributed by atoms with Crippen molar-refractivity contribution in [2.75, 3.05) is 16.0 Å². The molecule has 146 valence electrons. The predicted octanol–water partition coefficient (Wildman–Crippen LogP) is 5.08. The maximum Gasteiger partial charge on any atom is 0.238 e. The van der Waals surface area contributed by atoms with E-state index < -0.39 is 0 Å². The van der Waals surface area contributed by atoms with Crippen molar-refractivity contribution in [3.8, 4) is 0 Å². The Bertz CT molecular complexity index is 879. The summed E-state index contributed by atoms with van der Waals surface area (Å²) in [6, 6.07) is 14.4. The van der Waals surface area contributed by atoms with E-state index in [2.05, 4.69) is 30.4 Å². The van der Waals surface area contributed by atoms with Crippen LogP contribution in [0, 0.1) is 0 Å². The molecule has 1 aliphatic heterocycles. The molecule has 4 rings (SSSR count). The number of nitrogens with one attached hydrogen (secondary N) is 1. The van der Waals surface area contributed by atoms with Crippen LogP contribution in [0.5, 0.6) is 0 Å². The highest BCUT2D eigenvalue weighted by molar-refractivity contribution is 8.00. The minimum absolute atomic E-state index is 0.0169. The molecule has 0 bridgehead atoms. The van der Waals surface area contributed by atoms with Gasteiger partial charge in [0, 0.05) is 17.8 Å². The Labute approximate surface area is 170 Å². The summed E-state index contributed by atoms with van der Waals surface area (Å²) in [5.41, 5.74) is 5.69. The Morgan fingerprint density at radius 3 is 2.71 bits per heavy atom. The first-order valence-corrected chi connectivity index (χ1v) is 11.2. The molecule has 1 fully saturated rings. The predicted molar refractivity (Wildman–Crippen MR) is 116 cm³/mol. The molecule has 0 unspecified atom stereocenters. The molecule has 1 N–H and O–H groups in total. The van der Waals surface area contributed by atoms with Crippen LogP contribution in [-0.2, 0) is 22.4 Å². The van der Waals surface area contributed by atoms with Gasteiger partial charge in [-0.1, -0.05) is 31.5 Å². The molecule has 2 aromatic carbocycles. The van der Waals surface area contributed by atoms with Crippen molar-refractivity contribution in [3.05, 3.63) is 59.2 Å². The molecule has 1 aliphatic carbocycles. The van der Waals surface area contributed by atoms with Crippen molar-refractivity contribution in [3.63, 3.8) is 0 Å². The third kappa shape index (κ3) is 3.95. The number of thioether (sulfide) groups is 1. The van der Waals surface area contributed by atoms with Crippen LogP contribution in [0.1, 0.15) is 54.7 Å². The number of hydrogen-bond donors (Lipinski definition) is 1. The second-order valence-corrected chi connectivity index (χ2v) is 8.58. The minimum Gasteiger partial charge on any atom is -0.326 e. The number of fused-ring (bicyclic) bond motifs is 1. The average molecular weight is 395 g/mol. The van der Waals surface area contributed by atoms with E-state index in [-0.39, 0.29) is 17.2 Å². The van der Waals surface area contributed by atoms with Crippen LogP contribution in [0.25, 0.3) is 0 Å². The number of hydrogen-bond acceptors (Lipinski definition) is 3. The molecule has 5 heteroatoms. The Morgan fingerprint density at radius 1 is 1.14 bits per heavy atom.